The minimum Gasteiger partial charge on any atom is -0.330 e. The van der Waals surface area contributed by atoms with Crippen molar-refractivity contribution in [2.75, 3.05) is 6.67 Å². The number of hydrogen-bond acceptors (Lipinski definition) is 1. The summed E-state index contributed by atoms with van der Waals surface area (Å²) in [5.74, 6) is 0. The summed E-state index contributed by atoms with van der Waals surface area (Å²) in [6.45, 7) is 6.55. The van der Waals surface area contributed by atoms with E-state index in [9.17, 15) is 4.39 Å². The van der Waals surface area contributed by atoms with Gasteiger partial charge in [-0.05, 0) is 23.1 Å². The van der Waals surface area contributed by atoms with Crippen LogP contribution in [0, 0.1) is 0 Å². The minimum atomic E-state index is -0.356. The molecule has 0 saturated carbocycles. The lowest BCUT2D eigenvalue weighted by Crippen LogP contribution is -2.12. The Labute approximate surface area is 95.1 Å². The first-order chi connectivity index (χ1) is 7.54. The second kappa shape index (κ2) is 3.89. The van der Waals surface area contributed by atoms with Crippen LogP contribution in [0.25, 0.3) is 11.0 Å². The largest absolute Gasteiger partial charge is 0.330 e. The molecular weight excluding hydrogens is 203 g/mol. The lowest BCUT2D eigenvalue weighted by Gasteiger charge is -2.19. The molecule has 0 aliphatic rings. The van der Waals surface area contributed by atoms with E-state index in [1.54, 1.807) is 6.20 Å². The maximum Gasteiger partial charge on any atom is 0.140 e. The van der Waals surface area contributed by atoms with Crippen LogP contribution in [0.4, 0.5) is 4.39 Å². The second-order valence-electron chi connectivity index (χ2n) is 5.04. The van der Waals surface area contributed by atoms with E-state index in [2.05, 4.69) is 25.8 Å². The summed E-state index contributed by atoms with van der Waals surface area (Å²) in [7, 11) is 0. The van der Waals surface area contributed by atoms with Gasteiger partial charge in [0.2, 0.25) is 0 Å². The fraction of sp³-hybridized carbons (Fsp3) is 0.462. The fourth-order valence-corrected chi connectivity index (χ4v) is 2.02. The molecule has 2 aromatic heterocycles. The van der Waals surface area contributed by atoms with Crippen molar-refractivity contribution >= 4 is 11.0 Å². The summed E-state index contributed by atoms with van der Waals surface area (Å²) in [6, 6.07) is 4.07. The fourth-order valence-electron chi connectivity index (χ4n) is 2.02. The molecule has 16 heavy (non-hydrogen) atoms. The molecule has 0 aliphatic carbocycles. The Balaban J connectivity index is 2.62. The van der Waals surface area contributed by atoms with Gasteiger partial charge in [-0.3, -0.25) is 0 Å². The average Bonchev–Trinajstić information content (AvgIpc) is 2.61. The van der Waals surface area contributed by atoms with E-state index in [1.807, 2.05) is 22.9 Å². The highest BCUT2D eigenvalue weighted by atomic mass is 19.1. The van der Waals surface area contributed by atoms with Gasteiger partial charge in [0.1, 0.15) is 12.3 Å². The number of nitrogens with zero attached hydrogens (tertiary/aromatic N) is 2. The summed E-state index contributed by atoms with van der Waals surface area (Å²) in [5, 5.41) is 1.13. The van der Waals surface area contributed by atoms with Crippen molar-refractivity contribution in [3.05, 3.63) is 30.1 Å². The zero-order chi connectivity index (χ0) is 11.8. The van der Waals surface area contributed by atoms with E-state index in [-0.39, 0.29) is 12.1 Å². The molecule has 0 saturated heterocycles. The first-order valence-electron chi connectivity index (χ1n) is 5.54. The van der Waals surface area contributed by atoms with Crippen molar-refractivity contribution in [2.24, 2.45) is 0 Å². The van der Waals surface area contributed by atoms with Gasteiger partial charge in [-0.15, -0.1) is 0 Å². The van der Waals surface area contributed by atoms with E-state index in [1.165, 1.54) is 5.56 Å². The zero-order valence-corrected chi connectivity index (χ0v) is 10.00. The van der Waals surface area contributed by atoms with Crippen LogP contribution in [0.3, 0.4) is 0 Å². The smallest absolute Gasteiger partial charge is 0.140 e. The van der Waals surface area contributed by atoms with Gasteiger partial charge in [0.05, 0.1) is 6.54 Å². The highest BCUT2D eigenvalue weighted by Crippen LogP contribution is 2.29. The van der Waals surface area contributed by atoms with Crippen LogP contribution in [0.1, 0.15) is 26.3 Å². The Kier molecular flexibility index (Phi) is 2.70. The highest BCUT2D eigenvalue weighted by molar-refractivity contribution is 5.81. The SMILES string of the molecule is CC(C)(C)c1ccnc2c1ccn2CCF. The average molecular weight is 220 g/mol. The number of aromatic nitrogens is 2. The highest BCUT2D eigenvalue weighted by Gasteiger charge is 2.18. The number of aryl methyl sites for hydroxylation is 1. The molecule has 0 bridgehead atoms. The van der Waals surface area contributed by atoms with E-state index < -0.39 is 0 Å². The number of hydrogen-bond donors (Lipinski definition) is 0. The molecule has 0 unspecified atom stereocenters. The Morgan fingerprint density at radius 1 is 1.31 bits per heavy atom. The van der Waals surface area contributed by atoms with Gasteiger partial charge < -0.3 is 4.57 Å². The van der Waals surface area contributed by atoms with Crippen LogP contribution in [0.5, 0.6) is 0 Å². The second-order valence-corrected chi connectivity index (χ2v) is 5.04. The summed E-state index contributed by atoms with van der Waals surface area (Å²) >= 11 is 0. The minimum absolute atomic E-state index is 0.0864. The number of fused-ring (bicyclic) bond motifs is 1. The van der Waals surface area contributed by atoms with Crippen LogP contribution in [0.2, 0.25) is 0 Å². The summed E-state index contributed by atoms with van der Waals surface area (Å²) in [5.41, 5.74) is 2.23. The van der Waals surface area contributed by atoms with E-state index in [0.717, 1.165) is 11.0 Å². The summed E-state index contributed by atoms with van der Waals surface area (Å²) in [6.07, 6.45) is 3.71. The molecule has 0 spiro atoms. The quantitative estimate of drug-likeness (QED) is 0.759. The van der Waals surface area contributed by atoms with Gasteiger partial charge >= 0.3 is 0 Å². The number of pyridine rings is 1. The number of alkyl halides is 1. The number of rotatable bonds is 2. The number of halogens is 1. The molecule has 2 aromatic rings. The molecule has 0 N–H and O–H groups in total. The Morgan fingerprint density at radius 3 is 2.69 bits per heavy atom. The van der Waals surface area contributed by atoms with Gasteiger partial charge in [0, 0.05) is 17.8 Å². The molecule has 86 valence electrons. The molecule has 0 fully saturated rings. The van der Waals surface area contributed by atoms with Crippen molar-refractivity contribution in [3.63, 3.8) is 0 Å². The van der Waals surface area contributed by atoms with Crippen LogP contribution in [-0.4, -0.2) is 16.2 Å². The molecule has 2 rings (SSSR count). The summed E-state index contributed by atoms with van der Waals surface area (Å²) < 4.78 is 14.2. The van der Waals surface area contributed by atoms with Crippen molar-refractivity contribution in [3.8, 4) is 0 Å². The Bertz CT molecular complexity index is 494. The Morgan fingerprint density at radius 2 is 2.06 bits per heavy atom. The first-order valence-corrected chi connectivity index (χ1v) is 5.54. The van der Waals surface area contributed by atoms with Gasteiger partial charge in [-0.2, -0.15) is 0 Å². The van der Waals surface area contributed by atoms with E-state index in [4.69, 9.17) is 0 Å². The third-order valence-corrected chi connectivity index (χ3v) is 2.80. The molecule has 3 heteroatoms. The van der Waals surface area contributed by atoms with E-state index >= 15 is 0 Å². The third-order valence-electron chi connectivity index (χ3n) is 2.80. The van der Waals surface area contributed by atoms with Crippen molar-refractivity contribution in [2.45, 2.75) is 32.7 Å². The monoisotopic (exact) mass is 220 g/mol. The predicted octanol–water partition coefficient (Wildman–Crippen LogP) is 3.30. The molecule has 0 radical (unpaired) electrons. The lowest BCUT2D eigenvalue weighted by molar-refractivity contribution is 0.450. The van der Waals surface area contributed by atoms with Crippen LogP contribution < -0.4 is 0 Å². The summed E-state index contributed by atoms with van der Waals surface area (Å²) in [4.78, 5) is 4.33. The lowest BCUT2D eigenvalue weighted by atomic mass is 9.86. The van der Waals surface area contributed by atoms with E-state index in [0.29, 0.717) is 6.54 Å². The topological polar surface area (TPSA) is 17.8 Å². The molecule has 0 aliphatic heterocycles. The van der Waals surface area contributed by atoms with Crippen LogP contribution in [0.15, 0.2) is 24.5 Å². The van der Waals surface area contributed by atoms with Crippen molar-refractivity contribution < 1.29 is 4.39 Å². The maximum atomic E-state index is 12.4. The zero-order valence-electron chi connectivity index (χ0n) is 10.00. The molecule has 2 nitrogen and oxygen atoms in total. The standard InChI is InChI=1S/C13H17FN2/c1-13(2,3)11-4-7-15-12-10(11)5-8-16(12)9-6-14/h4-5,7-8H,6,9H2,1-3H3. The molecule has 0 atom stereocenters. The predicted molar refractivity (Wildman–Crippen MR) is 64.4 cm³/mol. The van der Waals surface area contributed by atoms with Gasteiger partial charge in [-0.25, -0.2) is 9.37 Å². The van der Waals surface area contributed by atoms with Gasteiger partial charge in [0.25, 0.3) is 0 Å². The van der Waals surface area contributed by atoms with Crippen LogP contribution >= 0.6 is 0 Å². The molecule has 0 amide bonds. The van der Waals surface area contributed by atoms with Crippen molar-refractivity contribution in [1.29, 1.82) is 0 Å². The Hall–Kier alpha value is -1.38. The molecule has 0 aromatic carbocycles. The van der Waals surface area contributed by atoms with Gasteiger partial charge in [-0.1, -0.05) is 20.8 Å². The first kappa shape index (κ1) is 11.1. The van der Waals surface area contributed by atoms with Gasteiger partial charge in [0.15, 0.2) is 0 Å². The molecule has 2 heterocycles. The maximum absolute atomic E-state index is 12.4. The normalized spacial score (nSPS) is 12.2. The molecular formula is C13H17FN2. The third kappa shape index (κ3) is 1.82. The van der Waals surface area contributed by atoms with Crippen molar-refractivity contribution in [1.82, 2.24) is 9.55 Å². The van der Waals surface area contributed by atoms with Crippen LogP contribution in [-0.2, 0) is 12.0 Å².